The van der Waals surface area contributed by atoms with Gasteiger partial charge in [0.25, 0.3) is 0 Å². The van der Waals surface area contributed by atoms with Gasteiger partial charge in [0.05, 0.1) is 6.54 Å². The number of halogens is 1. The van der Waals surface area contributed by atoms with Crippen molar-refractivity contribution in [1.82, 2.24) is 20.0 Å². The van der Waals surface area contributed by atoms with E-state index < -0.39 is 0 Å². The van der Waals surface area contributed by atoms with E-state index in [1.165, 1.54) is 19.4 Å². The fourth-order valence-corrected chi connectivity index (χ4v) is 2.85. The minimum Gasteiger partial charge on any atom is -0.357 e. The number of likely N-dealkylation sites (N-methyl/N-ethyl adjacent to an activating group) is 2. The van der Waals surface area contributed by atoms with Gasteiger partial charge >= 0.3 is 0 Å². The molecule has 2 fully saturated rings. The van der Waals surface area contributed by atoms with E-state index in [1.807, 2.05) is 0 Å². The SMILES string of the molecule is CCNC(=NCC1CN(C)CCN1C)N1CCCC1.I. The summed E-state index contributed by atoms with van der Waals surface area (Å²) in [5.41, 5.74) is 0. The third-order valence-electron chi connectivity index (χ3n) is 4.17. The van der Waals surface area contributed by atoms with E-state index in [2.05, 4.69) is 41.0 Å². The van der Waals surface area contributed by atoms with Crippen LogP contribution >= 0.6 is 24.0 Å². The van der Waals surface area contributed by atoms with Crippen molar-refractivity contribution >= 4 is 29.9 Å². The third-order valence-corrected chi connectivity index (χ3v) is 4.17. The molecule has 0 aliphatic carbocycles. The van der Waals surface area contributed by atoms with Crippen molar-refractivity contribution in [2.45, 2.75) is 25.8 Å². The van der Waals surface area contributed by atoms with Crippen LogP contribution in [0.4, 0.5) is 0 Å². The summed E-state index contributed by atoms with van der Waals surface area (Å²) in [5, 5.41) is 3.43. The highest BCUT2D eigenvalue weighted by Crippen LogP contribution is 2.09. The Bertz CT molecular complexity index is 304. The topological polar surface area (TPSA) is 34.1 Å². The van der Waals surface area contributed by atoms with Gasteiger partial charge < -0.3 is 15.1 Å². The van der Waals surface area contributed by atoms with Crippen LogP contribution in [0.25, 0.3) is 0 Å². The fourth-order valence-electron chi connectivity index (χ4n) is 2.85. The van der Waals surface area contributed by atoms with Gasteiger partial charge in [-0.2, -0.15) is 0 Å². The second-order valence-electron chi connectivity index (χ2n) is 5.79. The summed E-state index contributed by atoms with van der Waals surface area (Å²) >= 11 is 0. The van der Waals surface area contributed by atoms with E-state index in [4.69, 9.17) is 4.99 Å². The van der Waals surface area contributed by atoms with Gasteiger partial charge in [0.2, 0.25) is 0 Å². The van der Waals surface area contributed by atoms with E-state index in [0.29, 0.717) is 6.04 Å². The largest absolute Gasteiger partial charge is 0.357 e. The molecule has 20 heavy (non-hydrogen) atoms. The second kappa shape index (κ2) is 9.04. The lowest BCUT2D eigenvalue weighted by atomic mass is 10.2. The summed E-state index contributed by atoms with van der Waals surface area (Å²) in [6.07, 6.45) is 2.60. The van der Waals surface area contributed by atoms with Crippen molar-refractivity contribution in [1.29, 1.82) is 0 Å². The molecule has 0 radical (unpaired) electrons. The number of aliphatic imine (C=N–C) groups is 1. The summed E-state index contributed by atoms with van der Waals surface area (Å²) in [6, 6.07) is 0.551. The smallest absolute Gasteiger partial charge is 0.193 e. The molecule has 6 heteroatoms. The number of hydrogen-bond acceptors (Lipinski definition) is 3. The predicted octanol–water partition coefficient (Wildman–Crippen LogP) is 0.912. The zero-order valence-corrected chi connectivity index (χ0v) is 15.5. The predicted molar refractivity (Wildman–Crippen MR) is 96.1 cm³/mol. The number of guanidine groups is 1. The first-order chi connectivity index (χ1) is 9.20. The summed E-state index contributed by atoms with van der Waals surface area (Å²) < 4.78 is 0. The van der Waals surface area contributed by atoms with E-state index in [-0.39, 0.29) is 24.0 Å². The first kappa shape index (κ1) is 18.0. The molecule has 2 aliphatic heterocycles. The number of hydrogen-bond donors (Lipinski definition) is 1. The van der Waals surface area contributed by atoms with Crippen molar-refractivity contribution in [2.75, 3.05) is 59.9 Å². The van der Waals surface area contributed by atoms with Gasteiger partial charge in [0, 0.05) is 45.3 Å². The first-order valence-electron chi connectivity index (χ1n) is 7.62. The maximum atomic E-state index is 4.87. The lowest BCUT2D eigenvalue weighted by Gasteiger charge is -2.37. The number of rotatable bonds is 3. The summed E-state index contributed by atoms with van der Waals surface area (Å²) in [6.45, 7) is 9.76. The Morgan fingerprint density at radius 2 is 1.85 bits per heavy atom. The highest BCUT2D eigenvalue weighted by molar-refractivity contribution is 14.0. The maximum Gasteiger partial charge on any atom is 0.193 e. The van der Waals surface area contributed by atoms with Gasteiger partial charge in [0.1, 0.15) is 0 Å². The normalized spacial score (nSPS) is 25.6. The van der Waals surface area contributed by atoms with E-state index in [1.54, 1.807) is 0 Å². The number of likely N-dealkylation sites (tertiary alicyclic amines) is 1. The van der Waals surface area contributed by atoms with Gasteiger partial charge in [0.15, 0.2) is 5.96 Å². The first-order valence-corrected chi connectivity index (χ1v) is 7.62. The van der Waals surface area contributed by atoms with Gasteiger partial charge in [-0.15, -0.1) is 24.0 Å². The van der Waals surface area contributed by atoms with Gasteiger partial charge in [-0.05, 0) is 33.9 Å². The van der Waals surface area contributed by atoms with E-state index in [9.17, 15) is 0 Å². The van der Waals surface area contributed by atoms with Crippen LogP contribution in [-0.4, -0.2) is 86.6 Å². The van der Waals surface area contributed by atoms with Crippen LogP contribution in [0, 0.1) is 0 Å². The molecule has 118 valence electrons. The Balaban J connectivity index is 0.00000200. The van der Waals surface area contributed by atoms with Crippen molar-refractivity contribution in [3.05, 3.63) is 0 Å². The van der Waals surface area contributed by atoms with Crippen LogP contribution in [0.1, 0.15) is 19.8 Å². The van der Waals surface area contributed by atoms with Crippen LogP contribution in [0.5, 0.6) is 0 Å². The zero-order chi connectivity index (χ0) is 13.7. The molecule has 0 spiro atoms. The molecule has 0 bridgehead atoms. The molecular formula is C14H30IN5. The molecule has 0 saturated carbocycles. The highest BCUT2D eigenvalue weighted by Gasteiger charge is 2.22. The van der Waals surface area contributed by atoms with Crippen LogP contribution in [0.15, 0.2) is 4.99 Å². The van der Waals surface area contributed by atoms with Gasteiger partial charge in [-0.1, -0.05) is 0 Å². The number of piperazine rings is 1. The second-order valence-corrected chi connectivity index (χ2v) is 5.79. The molecule has 1 unspecified atom stereocenters. The fraction of sp³-hybridized carbons (Fsp3) is 0.929. The van der Waals surface area contributed by atoms with Crippen LogP contribution < -0.4 is 5.32 Å². The Morgan fingerprint density at radius 1 is 1.15 bits per heavy atom. The van der Waals surface area contributed by atoms with Gasteiger partial charge in [-0.3, -0.25) is 9.89 Å². The molecule has 2 aliphatic rings. The maximum absolute atomic E-state index is 4.87. The molecular weight excluding hydrogens is 365 g/mol. The molecule has 2 rings (SSSR count). The minimum absolute atomic E-state index is 0. The lowest BCUT2D eigenvalue weighted by Crippen LogP contribution is -2.51. The number of nitrogens with zero attached hydrogens (tertiary/aromatic N) is 4. The van der Waals surface area contributed by atoms with Crippen molar-refractivity contribution < 1.29 is 0 Å². The Morgan fingerprint density at radius 3 is 2.50 bits per heavy atom. The van der Waals surface area contributed by atoms with Gasteiger partial charge in [-0.25, -0.2) is 0 Å². The molecule has 5 nitrogen and oxygen atoms in total. The molecule has 2 saturated heterocycles. The molecule has 2 heterocycles. The van der Waals surface area contributed by atoms with Crippen LogP contribution in [0.3, 0.4) is 0 Å². The Kier molecular flexibility index (Phi) is 8.13. The Labute approximate surface area is 140 Å². The monoisotopic (exact) mass is 395 g/mol. The van der Waals surface area contributed by atoms with Crippen molar-refractivity contribution in [2.24, 2.45) is 4.99 Å². The van der Waals surface area contributed by atoms with E-state index >= 15 is 0 Å². The molecule has 1 N–H and O–H groups in total. The summed E-state index contributed by atoms with van der Waals surface area (Å²) in [5.74, 6) is 1.11. The summed E-state index contributed by atoms with van der Waals surface area (Å²) in [4.78, 5) is 12.1. The van der Waals surface area contributed by atoms with E-state index in [0.717, 1.165) is 45.2 Å². The number of nitrogens with one attached hydrogen (secondary N) is 1. The third kappa shape index (κ3) is 5.04. The minimum atomic E-state index is 0. The lowest BCUT2D eigenvalue weighted by molar-refractivity contribution is 0.119. The molecule has 1 atom stereocenters. The quantitative estimate of drug-likeness (QED) is 0.438. The molecule has 0 aromatic heterocycles. The van der Waals surface area contributed by atoms with Crippen LogP contribution in [0.2, 0.25) is 0 Å². The molecule has 0 aromatic rings. The van der Waals surface area contributed by atoms with Crippen LogP contribution in [-0.2, 0) is 0 Å². The zero-order valence-electron chi connectivity index (χ0n) is 13.1. The molecule has 0 aromatic carbocycles. The van der Waals surface area contributed by atoms with Crippen molar-refractivity contribution in [3.63, 3.8) is 0 Å². The summed E-state index contributed by atoms with van der Waals surface area (Å²) in [7, 11) is 4.42. The standard InChI is InChI=1S/C14H29N5.HI/c1-4-15-14(19-7-5-6-8-19)16-11-13-12-17(2)9-10-18(13)3;/h13H,4-12H2,1-3H3,(H,15,16);1H. The molecule has 0 amide bonds. The van der Waals surface area contributed by atoms with Crippen molar-refractivity contribution in [3.8, 4) is 0 Å². The average molecular weight is 395 g/mol. The Hall–Kier alpha value is -0.0800. The highest BCUT2D eigenvalue weighted by atomic mass is 127. The average Bonchev–Trinajstić information content (AvgIpc) is 2.92.